The largest absolute Gasteiger partial charge is 0.454 e. The molecule has 4 aromatic rings. The summed E-state index contributed by atoms with van der Waals surface area (Å²) >= 11 is 0. The Morgan fingerprint density at radius 2 is 1.55 bits per heavy atom. The maximum absolute atomic E-state index is 13.5. The number of ketones is 1. The highest BCUT2D eigenvalue weighted by Gasteiger charge is 2.70. The van der Waals surface area contributed by atoms with Crippen molar-refractivity contribution in [1.82, 2.24) is 0 Å². The predicted octanol–water partition coefficient (Wildman–Crippen LogP) is 5.54. The number of rotatable bonds is 5. The fraction of sp³-hybridized carbons (Fsp3) is 0.188. The van der Waals surface area contributed by atoms with Crippen LogP contribution in [0.1, 0.15) is 62.7 Å². The van der Waals surface area contributed by atoms with Gasteiger partial charge in [0.2, 0.25) is 11.4 Å². The van der Waals surface area contributed by atoms with Crippen molar-refractivity contribution in [2.75, 3.05) is 5.32 Å². The summed E-state index contributed by atoms with van der Waals surface area (Å²) in [6, 6.07) is 29.4. The zero-order chi connectivity index (χ0) is 26.9. The zero-order valence-corrected chi connectivity index (χ0v) is 21.2. The molecule has 1 aliphatic carbocycles. The van der Waals surface area contributed by atoms with Crippen molar-refractivity contribution < 1.29 is 24.5 Å². The van der Waals surface area contributed by atoms with Crippen LogP contribution in [-0.2, 0) is 17.9 Å². The van der Waals surface area contributed by atoms with Crippen molar-refractivity contribution in [2.24, 2.45) is 0 Å². The lowest BCUT2D eigenvalue weighted by molar-refractivity contribution is -0.224. The van der Waals surface area contributed by atoms with Gasteiger partial charge in [0.15, 0.2) is 0 Å². The van der Waals surface area contributed by atoms with Crippen LogP contribution >= 0.6 is 0 Å². The molecule has 2 atom stereocenters. The van der Waals surface area contributed by atoms with E-state index in [1.54, 1.807) is 42.5 Å². The molecule has 4 aromatic carbocycles. The second-order valence-corrected chi connectivity index (χ2v) is 9.79. The van der Waals surface area contributed by atoms with Gasteiger partial charge in [-0.05, 0) is 29.2 Å². The predicted molar refractivity (Wildman–Crippen MR) is 145 cm³/mol. The minimum Gasteiger partial charge on any atom is -0.454 e. The third-order valence-electron chi connectivity index (χ3n) is 7.06. The number of carbonyl (C=O) groups excluding carboxylic acids is 2. The normalized spacial score (nSPS) is 20.5. The Morgan fingerprint density at radius 3 is 2.18 bits per heavy atom. The monoisotopic (exact) mass is 507 g/mol. The molecule has 6 heteroatoms. The highest BCUT2D eigenvalue weighted by atomic mass is 16.7. The van der Waals surface area contributed by atoms with Crippen LogP contribution in [0.15, 0.2) is 97.1 Å². The summed E-state index contributed by atoms with van der Waals surface area (Å²) in [5.74, 6) is -2.12. The number of fused-ring (bicyclic) bond motifs is 5. The van der Waals surface area contributed by atoms with Crippen LogP contribution < -0.4 is 10.1 Å². The van der Waals surface area contributed by atoms with Gasteiger partial charge in [-0.1, -0.05) is 98.8 Å². The molecule has 6 nitrogen and oxygen atoms in total. The van der Waals surface area contributed by atoms with Gasteiger partial charge < -0.3 is 20.3 Å². The highest BCUT2D eigenvalue weighted by molar-refractivity contribution is 6.13. The number of Topliss-reactive ketones (excluding diaryl/α,β-unsaturated/α-hetero) is 1. The minimum absolute atomic E-state index is 0.250. The smallest absolute Gasteiger partial charge is 0.276 e. The molecule has 38 heavy (non-hydrogen) atoms. The van der Waals surface area contributed by atoms with Gasteiger partial charge >= 0.3 is 0 Å². The van der Waals surface area contributed by atoms with Crippen molar-refractivity contribution >= 4 is 17.8 Å². The van der Waals surface area contributed by atoms with Crippen molar-refractivity contribution in [1.29, 1.82) is 0 Å². The lowest BCUT2D eigenvalue weighted by atomic mass is 9.86. The van der Waals surface area contributed by atoms with E-state index in [0.29, 0.717) is 23.5 Å². The molecule has 3 N–H and O–H groups in total. The van der Waals surface area contributed by atoms with E-state index in [4.69, 9.17) is 4.74 Å². The number of anilines is 1. The molecule has 1 aliphatic heterocycles. The van der Waals surface area contributed by atoms with Gasteiger partial charge in [0.1, 0.15) is 12.0 Å². The van der Waals surface area contributed by atoms with Crippen molar-refractivity contribution in [3.05, 3.63) is 130 Å². The lowest BCUT2D eigenvalue weighted by Gasteiger charge is -2.28. The van der Waals surface area contributed by atoms with E-state index in [-0.39, 0.29) is 17.0 Å². The second kappa shape index (κ2) is 9.89. The number of ether oxygens (including phenoxy) is 1. The standard InChI is InChI=1S/C25H23NO4.C7H6O/c1-15(2)17-11-12-18-21(13-17)30-25(29)19-9-6-10-20(22(19)23(27)24(18,25)28)26-14-16-7-4-3-5-8-16;8-6-7-4-2-1-3-5-7/h3-13,15,26,28-29H,14H2,1-2H3;1-6H. The lowest BCUT2D eigenvalue weighted by Crippen LogP contribution is -2.48. The molecule has 0 aromatic heterocycles. The quantitative estimate of drug-likeness (QED) is 0.307. The first-order valence-electron chi connectivity index (χ1n) is 12.5. The van der Waals surface area contributed by atoms with E-state index in [1.165, 1.54) is 0 Å². The van der Waals surface area contributed by atoms with Crippen molar-refractivity contribution in [3.63, 3.8) is 0 Å². The molecule has 192 valence electrons. The fourth-order valence-corrected chi connectivity index (χ4v) is 4.96. The maximum Gasteiger partial charge on any atom is 0.276 e. The van der Waals surface area contributed by atoms with Crippen LogP contribution in [0.25, 0.3) is 0 Å². The third-order valence-corrected chi connectivity index (χ3v) is 7.06. The van der Waals surface area contributed by atoms with Gasteiger partial charge in [0.25, 0.3) is 5.79 Å². The number of nitrogens with one attached hydrogen (secondary N) is 1. The van der Waals surface area contributed by atoms with Gasteiger partial charge in [-0.15, -0.1) is 0 Å². The molecular formula is C32H29NO5. The first kappa shape index (κ1) is 25.4. The SMILES string of the molecule is CC(C)c1ccc2c(c1)OC1(O)c3cccc(NCc4ccccc4)c3C(=O)C21O.O=Cc1ccccc1. The van der Waals surface area contributed by atoms with E-state index in [2.05, 4.69) is 5.32 Å². The fourth-order valence-electron chi connectivity index (χ4n) is 4.96. The Morgan fingerprint density at radius 1 is 0.868 bits per heavy atom. The molecule has 0 bridgehead atoms. The van der Waals surface area contributed by atoms with Gasteiger partial charge in [0.05, 0.1) is 5.56 Å². The number of hydrogen-bond acceptors (Lipinski definition) is 6. The van der Waals surface area contributed by atoms with Crippen LogP contribution in [-0.4, -0.2) is 22.3 Å². The van der Waals surface area contributed by atoms with Crippen LogP contribution in [0.4, 0.5) is 5.69 Å². The third kappa shape index (κ3) is 4.08. The Balaban J connectivity index is 0.000000316. The first-order chi connectivity index (χ1) is 18.3. The summed E-state index contributed by atoms with van der Waals surface area (Å²) in [5.41, 5.74) is 2.00. The summed E-state index contributed by atoms with van der Waals surface area (Å²) in [6.07, 6.45) is 0.833. The van der Waals surface area contributed by atoms with E-state index < -0.39 is 17.2 Å². The number of aliphatic hydroxyl groups is 2. The Bertz CT molecular complexity index is 1480. The average molecular weight is 508 g/mol. The molecule has 0 saturated heterocycles. The van der Waals surface area contributed by atoms with E-state index in [9.17, 15) is 19.8 Å². The Kier molecular flexibility index (Phi) is 6.61. The van der Waals surface area contributed by atoms with Crippen LogP contribution in [0.2, 0.25) is 0 Å². The summed E-state index contributed by atoms with van der Waals surface area (Å²) in [4.78, 5) is 23.5. The highest BCUT2D eigenvalue weighted by Crippen LogP contribution is 2.59. The second-order valence-electron chi connectivity index (χ2n) is 9.79. The molecule has 2 aliphatic rings. The summed E-state index contributed by atoms with van der Waals surface area (Å²) in [7, 11) is 0. The molecule has 0 saturated carbocycles. The maximum atomic E-state index is 13.5. The topological polar surface area (TPSA) is 95.9 Å². The molecule has 0 fully saturated rings. The minimum atomic E-state index is -2.18. The van der Waals surface area contributed by atoms with Gasteiger partial charge in [-0.2, -0.15) is 0 Å². The van der Waals surface area contributed by atoms with Crippen LogP contribution in [0.5, 0.6) is 5.75 Å². The first-order valence-corrected chi connectivity index (χ1v) is 12.5. The van der Waals surface area contributed by atoms with E-state index >= 15 is 0 Å². The van der Waals surface area contributed by atoms with Crippen LogP contribution in [0.3, 0.4) is 0 Å². The molecule has 6 rings (SSSR count). The van der Waals surface area contributed by atoms with Crippen LogP contribution in [0, 0.1) is 0 Å². The Hall–Kier alpha value is -4.26. The number of carbonyl (C=O) groups is 2. The van der Waals surface area contributed by atoms with E-state index in [0.717, 1.165) is 23.0 Å². The zero-order valence-electron chi connectivity index (χ0n) is 21.2. The summed E-state index contributed by atoms with van der Waals surface area (Å²) in [6.45, 7) is 4.61. The van der Waals surface area contributed by atoms with Gasteiger partial charge in [-0.25, -0.2) is 0 Å². The molecule has 0 radical (unpaired) electrons. The van der Waals surface area contributed by atoms with E-state index in [1.807, 2.05) is 68.4 Å². The molecule has 0 spiro atoms. The van der Waals surface area contributed by atoms with Gasteiger partial charge in [0, 0.05) is 28.9 Å². The Labute approximate surface area is 221 Å². The van der Waals surface area contributed by atoms with Crippen molar-refractivity contribution in [3.8, 4) is 5.75 Å². The number of hydrogen-bond donors (Lipinski definition) is 3. The number of aldehydes is 1. The summed E-state index contributed by atoms with van der Waals surface area (Å²) in [5, 5.41) is 26.2. The van der Waals surface area contributed by atoms with Gasteiger partial charge in [-0.3, -0.25) is 9.59 Å². The average Bonchev–Trinajstić information content (AvgIpc) is 3.28. The molecule has 2 unspecified atom stereocenters. The summed E-state index contributed by atoms with van der Waals surface area (Å²) < 4.78 is 5.88. The molecule has 0 amide bonds. The number of benzene rings is 4. The molecule has 1 heterocycles. The van der Waals surface area contributed by atoms with Crippen molar-refractivity contribution in [2.45, 2.75) is 37.7 Å². The molecular weight excluding hydrogens is 478 g/mol.